The average molecular weight is 463 g/mol. The molecule has 35 heavy (non-hydrogen) atoms. The van der Waals surface area contributed by atoms with Crippen LogP contribution in [-0.2, 0) is 4.84 Å². The first-order valence-electron chi connectivity index (χ1n) is 11.2. The minimum Gasteiger partial charge on any atom is -0.497 e. The number of nitrogens with zero attached hydrogens (tertiary/aromatic N) is 6. The summed E-state index contributed by atoms with van der Waals surface area (Å²) < 4.78 is 7.03. The van der Waals surface area contributed by atoms with Gasteiger partial charge in [-0.05, 0) is 49.4 Å². The number of benzene rings is 3. The third-order valence-corrected chi connectivity index (χ3v) is 5.96. The van der Waals surface area contributed by atoms with Crippen LogP contribution in [0.15, 0.2) is 96.7 Å². The number of anilines is 1. The summed E-state index contributed by atoms with van der Waals surface area (Å²) in [5, 5.41) is 9.89. The van der Waals surface area contributed by atoms with Crippen LogP contribution in [0.2, 0.25) is 0 Å². The molecule has 2 aromatic heterocycles. The Balaban J connectivity index is 1.54. The van der Waals surface area contributed by atoms with Crippen LogP contribution in [0.4, 0.5) is 5.69 Å². The highest BCUT2D eigenvalue weighted by Gasteiger charge is 2.36. The quantitative estimate of drug-likeness (QED) is 0.365. The molecular formula is C27H22N6O2. The minimum absolute atomic E-state index is 0.574. The Labute approximate surface area is 202 Å². The second-order valence-electron chi connectivity index (χ2n) is 8.24. The minimum atomic E-state index is -0.574. The summed E-state index contributed by atoms with van der Waals surface area (Å²) in [5.74, 6) is 2.11. The summed E-state index contributed by atoms with van der Waals surface area (Å²) in [7, 11) is 1.65. The molecule has 0 amide bonds. The van der Waals surface area contributed by atoms with Gasteiger partial charge in [0.05, 0.1) is 18.2 Å². The van der Waals surface area contributed by atoms with Gasteiger partial charge in [0, 0.05) is 16.6 Å². The molecule has 1 unspecified atom stereocenters. The van der Waals surface area contributed by atoms with Gasteiger partial charge in [0.15, 0.2) is 11.7 Å². The van der Waals surface area contributed by atoms with E-state index in [0.29, 0.717) is 11.7 Å². The fraction of sp³-hybridized carbons (Fsp3) is 0.111. The van der Waals surface area contributed by atoms with Gasteiger partial charge in [-0.25, -0.2) is 14.6 Å². The highest BCUT2D eigenvalue weighted by Crippen LogP contribution is 2.38. The van der Waals surface area contributed by atoms with Gasteiger partial charge in [-0.1, -0.05) is 47.1 Å². The highest BCUT2D eigenvalue weighted by atomic mass is 16.7. The van der Waals surface area contributed by atoms with Gasteiger partial charge in [0.2, 0.25) is 6.23 Å². The van der Waals surface area contributed by atoms with Crippen LogP contribution >= 0.6 is 0 Å². The molecule has 0 N–H and O–H groups in total. The maximum absolute atomic E-state index is 6.13. The van der Waals surface area contributed by atoms with Crippen molar-refractivity contribution < 1.29 is 9.57 Å². The van der Waals surface area contributed by atoms with Gasteiger partial charge in [0.25, 0.3) is 0 Å². The zero-order valence-corrected chi connectivity index (χ0v) is 19.2. The van der Waals surface area contributed by atoms with Crippen molar-refractivity contribution in [2.75, 3.05) is 12.0 Å². The second-order valence-corrected chi connectivity index (χ2v) is 8.24. The van der Waals surface area contributed by atoms with Crippen molar-refractivity contribution in [3.05, 3.63) is 108 Å². The Morgan fingerprint density at radius 2 is 1.77 bits per heavy atom. The lowest BCUT2D eigenvalue weighted by Gasteiger charge is -2.27. The van der Waals surface area contributed by atoms with Crippen LogP contribution < -0.4 is 9.64 Å². The molecule has 0 fully saturated rings. The Hall–Kier alpha value is -4.72. The Morgan fingerprint density at radius 1 is 0.943 bits per heavy atom. The third kappa shape index (κ3) is 3.74. The molecular weight excluding hydrogens is 440 g/mol. The molecule has 1 atom stereocenters. The lowest BCUT2D eigenvalue weighted by atomic mass is 10.1. The average Bonchev–Trinajstić information content (AvgIpc) is 3.59. The molecule has 5 aromatic rings. The summed E-state index contributed by atoms with van der Waals surface area (Å²) in [5.41, 5.74) is 4.68. The van der Waals surface area contributed by atoms with Gasteiger partial charge >= 0.3 is 0 Å². The molecule has 0 aliphatic carbocycles. The van der Waals surface area contributed by atoms with E-state index in [1.165, 1.54) is 6.33 Å². The monoisotopic (exact) mass is 462 g/mol. The molecule has 0 radical (unpaired) electrons. The number of aryl methyl sites for hydroxylation is 1. The normalized spacial score (nSPS) is 15.2. The molecule has 1 aliphatic rings. The van der Waals surface area contributed by atoms with Crippen molar-refractivity contribution in [3.63, 3.8) is 0 Å². The zero-order chi connectivity index (χ0) is 23.8. The molecule has 0 saturated heterocycles. The lowest BCUT2D eigenvalue weighted by Crippen LogP contribution is -2.32. The van der Waals surface area contributed by atoms with Crippen LogP contribution in [0.1, 0.15) is 22.9 Å². The van der Waals surface area contributed by atoms with Gasteiger partial charge < -0.3 is 9.57 Å². The second kappa shape index (κ2) is 8.57. The largest absolute Gasteiger partial charge is 0.497 e. The van der Waals surface area contributed by atoms with Crippen LogP contribution in [0, 0.1) is 6.92 Å². The van der Waals surface area contributed by atoms with E-state index in [0.717, 1.165) is 39.0 Å². The molecule has 1 aliphatic heterocycles. The van der Waals surface area contributed by atoms with Gasteiger partial charge in [-0.2, -0.15) is 5.10 Å². The first kappa shape index (κ1) is 20.9. The fourth-order valence-corrected chi connectivity index (χ4v) is 4.26. The van der Waals surface area contributed by atoms with E-state index in [2.05, 4.69) is 39.2 Å². The molecule has 8 nitrogen and oxygen atoms in total. The van der Waals surface area contributed by atoms with Crippen LogP contribution in [-0.4, -0.2) is 32.7 Å². The molecule has 3 heterocycles. The van der Waals surface area contributed by atoms with Gasteiger partial charge in [-0.15, -0.1) is 0 Å². The number of hydrogen-bond donors (Lipinski definition) is 0. The third-order valence-electron chi connectivity index (χ3n) is 5.96. The van der Waals surface area contributed by atoms with Crippen LogP contribution in [0.25, 0.3) is 16.7 Å². The van der Waals surface area contributed by atoms with Crippen LogP contribution in [0.3, 0.4) is 0 Å². The summed E-state index contributed by atoms with van der Waals surface area (Å²) in [6, 6.07) is 26.1. The predicted octanol–water partition coefficient (Wildman–Crippen LogP) is 5.03. The van der Waals surface area contributed by atoms with E-state index in [-0.39, 0.29) is 0 Å². The summed E-state index contributed by atoms with van der Waals surface area (Å²) in [6.07, 6.45) is 2.56. The number of aromatic nitrogens is 4. The molecule has 0 saturated carbocycles. The predicted molar refractivity (Wildman–Crippen MR) is 134 cm³/mol. The van der Waals surface area contributed by atoms with E-state index in [1.54, 1.807) is 18.1 Å². The highest BCUT2D eigenvalue weighted by molar-refractivity contribution is 6.11. The molecule has 0 spiro atoms. The van der Waals surface area contributed by atoms with E-state index in [1.807, 2.05) is 66.7 Å². The number of ether oxygens (including phenoxy) is 1. The topological polar surface area (TPSA) is 77.7 Å². The summed E-state index contributed by atoms with van der Waals surface area (Å²) in [6.45, 7) is 2.07. The van der Waals surface area contributed by atoms with Crippen LogP contribution in [0.5, 0.6) is 5.75 Å². The maximum atomic E-state index is 6.13. The molecule has 0 bridgehead atoms. The smallest absolute Gasteiger partial charge is 0.235 e. The summed E-state index contributed by atoms with van der Waals surface area (Å²) >= 11 is 0. The number of pyridine rings is 1. The Kier molecular flexibility index (Phi) is 5.11. The number of hydrogen-bond acceptors (Lipinski definition) is 7. The molecule has 8 heteroatoms. The van der Waals surface area contributed by atoms with Crippen molar-refractivity contribution in [1.82, 2.24) is 19.7 Å². The first-order valence-corrected chi connectivity index (χ1v) is 11.2. The SMILES string of the molecule is COc1ccc(N2C(c3ccccc3)=NOC2c2cc3cc(C)ccc3nc2-n2cncn2)cc1. The van der Waals surface area contributed by atoms with E-state index < -0.39 is 6.23 Å². The Morgan fingerprint density at radius 3 is 2.51 bits per heavy atom. The molecule has 172 valence electrons. The van der Waals surface area contributed by atoms with E-state index in [9.17, 15) is 0 Å². The van der Waals surface area contributed by atoms with E-state index in [4.69, 9.17) is 14.6 Å². The van der Waals surface area contributed by atoms with Crippen molar-refractivity contribution >= 4 is 22.4 Å². The number of amidine groups is 1. The standard InChI is InChI=1S/C27H22N6O2/c1-18-8-13-24-20(14-18)15-23(26(30-24)32-17-28-16-29-32)27-33(21-9-11-22(34-2)12-10-21)25(31-35-27)19-6-4-3-5-7-19/h3-17,27H,1-2H3. The Bertz CT molecular complexity index is 1520. The van der Waals surface area contributed by atoms with Crippen molar-refractivity contribution in [3.8, 4) is 11.6 Å². The number of oxime groups is 1. The molecule has 3 aromatic carbocycles. The molecule has 6 rings (SSSR count). The zero-order valence-electron chi connectivity index (χ0n) is 19.2. The summed E-state index contributed by atoms with van der Waals surface area (Å²) in [4.78, 5) is 17.3. The van der Waals surface area contributed by atoms with E-state index >= 15 is 0 Å². The van der Waals surface area contributed by atoms with Gasteiger partial charge in [-0.3, -0.25) is 4.90 Å². The van der Waals surface area contributed by atoms with Crippen molar-refractivity contribution in [2.45, 2.75) is 13.2 Å². The number of methoxy groups -OCH3 is 1. The van der Waals surface area contributed by atoms with Crippen molar-refractivity contribution in [1.29, 1.82) is 0 Å². The van der Waals surface area contributed by atoms with Crippen molar-refractivity contribution in [2.24, 2.45) is 5.16 Å². The number of rotatable bonds is 5. The van der Waals surface area contributed by atoms with Gasteiger partial charge in [0.1, 0.15) is 18.4 Å². The fourth-order valence-electron chi connectivity index (χ4n) is 4.26. The number of fused-ring (bicyclic) bond motifs is 1. The maximum Gasteiger partial charge on any atom is 0.235 e. The first-order chi connectivity index (χ1) is 17.2. The lowest BCUT2D eigenvalue weighted by molar-refractivity contribution is 0.0865.